The van der Waals surface area contributed by atoms with Gasteiger partial charge < -0.3 is 34.6 Å². The minimum Gasteiger partial charge on any atom is -0.508 e. The van der Waals surface area contributed by atoms with Crippen molar-refractivity contribution in [3.8, 4) is 17.1 Å². The molecule has 1 fully saturated rings. The van der Waals surface area contributed by atoms with Crippen LogP contribution in [-0.4, -0.2) is 69.6 Å². The Kier molecular flexibility index (Phi) is 8.70. The van der Waals surface area contributed by atoms with Gasteiger partial charge in [-0.25, -0.2) is 4.98 Å². The highest BCUT2D eigenvalue weighted by atomic mass is 16.3. The standard InChI is InChI=1S/C34H40N6O4/c1-39(2)15-6-14-35-34(43)30(18-24-20-36-28-11-10-26(41)19-27(24)28)38-33(42)22-9-12-31-29(17-22)37-32(23-13-16-44-21-23)40(31)25-7-4-3-5-8-25/h9-13,16-17,19-21,25,30,36,41H,3-8,14-15,18H2,1-2H3,(H,35,43)(H,38,42)/t30-/m0/s1. The summed E-state index contributed by atoms with van der Waals surface area (Å²) in [4.78, 5) is 37.3. The van der Waals surface area contributed by atoms with Crippen LogP contribution in [0.15, 0.2) is 65.6 Å². The molecule has 0 bridgehead atoms. The van der Waals surface area contributed by atoms with Crippen LogP contribution in [0.3, 0.4) is 0 Å². The van der Waals surface area contributed by atoms with E-state index in [-0.39, 0.29) is 24.0 Å². The molecular weight excluding hydrogens is 556 g/mol. The van der Waals surface area contributed by atoms with E-state index in [1.54, 1.807) is 30.7 Å². The number of rotatable bonds is 11. The molecule has 3 heterocycles. The number of aromatic hydroxyl groups is 1. The fraction of sp³-hybridized carbons (Fsp3) is 0.382. The molecule has 6 rings (SSSR count). The normalized spacial score (nSPS) is 14.8. The third-order valence-electron chi connectivity index (χ3n) is 8.55. The van der Waals surface area contributed by atoms with E-state index >= 15 is 0 Å². The van der Waals surface area contributed by atoms with Crippen molar-refractivity contribution < 1.29 is 19.1 Å². The summed E-state index contributed by atoms with van der Waals surface area (Å²) in [6, 6.07) is 12.1. The van der Waals surface area contributed by atoms with Crippen molar-refractivity contribution in [1.82, 2.24) is 30.1 Å². The van der Waals surface area contributed by atoms with Crippen LogP contribution in [-0.2, 0) is 11.2 Å². The molecule has 44 heavy (non-hydrogen) atoms. The highest BCUT2D eigenvalue weighted by molar-refractivity contribution is 6.00. The van der Waals surface area contributed by atoms with E-state index in [0.29, 0.717) is 18.2 Å². The highest BCUT2D eigenvalue weighted by Crippen LogP contribution is 2.36. The maximum Gasteiger partial charge on any atom is 0.252 e. The van der Waals surface area contributed by atoms with Crippen molar-refractivity contribution in [1.29, 1.82) is 0 Å². The van der Waals surface area contributed by atoms with Gasteiger partial charge in [-0.2, -0.15) is 0 Å². The molecule has 1 atom stereocenters. The third-order valence-corrected chi connectivity index (χ3v) is 8.55. The summed E-state index contributed by atoms with van der Waals surface area (Å²) >= 11 is 0. The second-order valence-electron chi connectivity index (χ2n) is 12.0. The number of H-pyrrole nitrogens is 1. The predicted molar refractivity (Wildman–Crippen MR) is 171 cm³/mol. The second-order valence-corrected chi connectivity index (χ2v) is 12.0. The Labute approximate surface area is 256 Å². The van der Waals surface area contributed by atoms with Crippen molar-refractivity contribution in [3.05, 3.63) is 72.3 Å². The van der Waals surface area contributed by atoms with Gasteiger partial charge in [0.1, 0.15) is 23.9 Å². The summed E-state index contributed by atoms with van der Waals surface area (Å²) in [6.07, 6.45) is 12.0. The number of hydrogen-bond acceptors (Lipinski definition) is 6. The van der Waals surface area contributed by atoms with Crippen LogP contribution in [0.4, 0.5) is 0 Å². The maximum atomic E-state index is 13.7. The summed E-state index contributed by atoms with van der Waals surface area (Å²) in [5.41, 5.74) is 4.74. The molecule has 1 aliphatic carbocycles. The van der Waals surface area contributed by atoms with E-state index in [4.69, 9.17) is 9.40 Å². The predicted octanol–water partition coefficient (Wildman–Crippen LogP) is 5.40. The Hall–Kier alpha value is -4.57. The number of amides is 2. The Bertz CT molecular complexity index is 1750. The van der Waals surface area contributed by atoms with Crippen LogP contribution in [0.2, 0.25) is 0 Å². The summed E-state index contributed by atoms with van der Waals surface area (Å²) in [6.45, 7) is 1.34. The van der Waals surface area contributed by atoms with Crippen LogP contribution in [0.5, 0.6) is 5.75 Å². The van der Waals surface area contributed by atoms with Crippen LogP contribution in [0, 0.1) is 0 Å². The number of phenolic OH excluding ortho intramolecular Hbond substituents is 1. The van der Waals surface area contributed by atoms with Crippen molar-refractivity contribution in [2.24, 2.45) is 0 Å². The number of phenols is 1. The van der Waals surface area contributed by atoms with Crippen molar-refractivity contribution in [2.45, 2.75) is 57.0 Å². The smallest absolute Gasteiger partial charge is 0.252 e. The Morgan fingerprint density at radius 3 is 2.75 bits per heavy atom. The number of carbonyl (C=O) groups is 2. The molecule has 230 valence electrons. The second kappa shape index (κ2) is 13.0. The van der Waals surface area contributed by atoms with Gasteiger partial charge >= 0.3 is 0 Å². The number of nitrogens with zero attached hydrogens (tertiary/aromatic N) is 3. The zero-order valence-electron chi connectivity index (χ0n) is 25.3. The first-order chi connectivity index (χ1) is 21.4. The average Bonchev–Trinajstić information content (AvgIpc) is 3.78. The van der Waals surface area contributed by atoms with E-state index in [1.165, 1.54) is 19.3 Å². The molecule has 5 aromatic rings. The lowest BCUT2D eigenvalue weighted by molar-refractivity contribution is -0.122. The highest BCUT2D eigenvalue weighted by Gasteiger charge is 2.26. The molecular formula is C34H40N6O4. The molecule has 1 aliphatic rings. The molecule has 0 aliphatic heterocycles. The van der Waals surface area contributed by atoms with Gasteiger partial charge in [-0.05, 0) is 87.9 Å². The number of imidazole rings is 1. The average molecular weight is 597 g/mol. The van der Waals surface area contributed by atoms with E-state index in [2.05, 4.69) is 25.1 Å². The number of benzene rings is 2. The lowest BCUT2D eigenvalue weighted by atomic mass is 9.95. The van der Waals surface area contributed by atoms with Gasteiger partial charge in [-0.1, -0.05) is 19.3 Å². The van der Waals surface area contributed by atoms with Crippen molar-refractivity contribution >= 4 is 33.8 Å². The minimum atomic E-state index is -0.819. The zero-order valence-corrected chi connectivity index (χ0v) is 25.3. The topological polar surface area (TPSA) is 128 Å². The Morgan fingerprint density at radius 2 is 1.98 bits per heavy atom. The molecule has 3 aromatic heterocycles. The minimum absolute atomic E-state index is 0.142. The Morgan fingerprint density at radius 1 is 1.14 bits per heavy atom. The molecule has 0 spiro atoms. The molecule has 2 amide bonds. The molecule has 0 radical (unpaired) electrons. The summed E-state index contributed by atoms with van der Waals surface area (Å²) < 4.78 is 7.69. The first-order valence-electron chi connectivity index (χ1n) is 15.4. The summed E-state index contributed by atoms with van der Waals surface area (Å²) in [7, 11) is 3.98. The van der Waals surface area contributed by atoms with E-state index in [9.17, 15) is 14.7 Å². The molecule has 10 nitrogen and oxygen atoms in total. The molecule has 4 N–H and O–H groups in total. The number of aromatic amines is 1. The van der Waals surface area contributed by atoms with Gasteiger partial charge in [0.05, 0.1) is 22.9 Å². The monoisotopic (exact) mass is 596 g/mol. The van der Waals surface area contributed by atoms with Gasteiger partial charge in [0, 0.05) is 41.7 Å². The molecule has 0 unspecified atom stereocenters. The third kappa shape index (κ3) is 6.35. The summed E-state index contributed by atoms with van der Waals surface area (Å²) in [5, 5.41) is 16.9. The largest absolute Gasteiger partial charge is 0.508 e. The number of nitrogens with one attached hydrogen (secondary N) is 3. The van der Waals surface area contributed by atoms with Crippen molar-refractivity contribution in [2.75, 3.05) is 27.2 Å². The Balaban J connectivity index is 1.27. The van der Waals surface area contributed by atoms with Crippen LogP contribution in [0.1, 0.15) is 60.5 Å². The number of aromatic nitrogens is 3. The van der Waals surface area contributed by atoms with E-state index in [0.717, 1.165) is 64.7 Å². The van der Waals surface area contributed by atoms with E-state index in [1.807, 2.05) is 44.6 Å². The lowest BCUT2D eigenvalue weighted by Gasteiger charge is -2.25. The van der Waals surface area contributed by atoms with Crippen LogP contribution < -0.4 is 10.6 Å². The SMILES string of the molecule is CN(C)CCCNC(=O)[C@H](Cc1c[nH]c2ccc(O)cc12)NC(=O)c1ccc2c(c1)nc(-c1ccoc1)n2C1CCCCC1. The van der Waals surface area contributed by atoms with Crippen molar-refractivity contribution in [3.63, 3.8) is 0 Å². The fourth-order valence-corrected chi connectivity index (χ4v) is 6.28. The zero-order chi connectivity index (χ0) is 30.6. The van der Waals surface area contributed by atoms with Gasteiger partial charge in [0.15, 0.2) is 0 Å². The first kappa shape index (κ1) is 29.5. The molecule has 0 saturated heterocycles. The van der Waals surface area contributed by atoms with Crippen LogP contribution in [0.25, 0.3) is 33.3 Å². The van der Waals surface area contributed by atoms with E-state index < -0.39 is 6.04 Å². The number of fused-ring (bicyclic) bond motifs is 2. The number of hydrogen-bond donors (Lipinski definition) is 4. The number of furan rings is 1. The van der Waals surface area contributed by atoms with Gasteiger partial charge in [-0.15, -0.1) is 0 Å². The maximum absolute atomic E-state index is 13.7. The number of carbonyl (C=O) groups excluding carboxylic acids is 2. The summed E-state index contributed by atoms with van der Waals surface area (Å²) in [5.74, 6) is 0.384. The molecule has 2 aromatic carbocycles. The quantitative estimate of drug-likeness (QED) is 0.151. The first-order valence-corrected chi connectivity index (χ1v) is 15.4. The van der Waals surface area contributed by atoms with Gasteiger partial charge in [-0.3, -0.25) is 9.59 Å². The van der Waals surface area contributed by atoms with Gasteiger partial charge in [0.25, 0.3) is 5.91 Å². The van der Waals surface area contributed by atoms with Gasteiger partial charge in [0.2, 0.25) is 5.91 Å². The molecule has 10 heteroatoms. The molecule has 1 saturated carbocycles. The fourth-order valence-electron chi connectivity index (χ4n) is 6.28. The van der Waals surface area contributed by atoms with Crippen LogP contribution >= 0.6 is 0 Å². The lowest BCUT2D eigenvalue weighted by Crippen LogP contribution is -2.48.